The molecule has 20 heavy (non-hydrogen) atoms. The van der Waals surface area contributed by atoms with Gasteiger partial charge in [0.15, 0.2) is 11.5 Å². The van der Waals surface area contributed by atoms with Crippen LogP contribution in [0.15, 0.2) is 0 Å². The minimum atomic E-state index is -0.812. The summed E-state index contributed by atoms with van der Waals surface area (Å²) in [4.78, 5) is 18.4. The number of fused-ring (bicyclic) bond motifs is 3. The van der Waals surface area contributed by atoms with Crippen LogP contribution in [0.1, 0.15) is 40.5 Å². The summed E-state index contributed by atoms with van der Waals surface area (Å²) < 4.78 is 18.4. The molecule has 4 atom stereocenters. The highest BCUT2D eigenvalue weighted by Gasteiger charge is 2.74. The molecule has 4 fully saturated rings. The van der Waals surface area contributed by atoms with Crippen LogP contribution in [0.25, 0.3) is 0 Å². The summed E-state index contributed by atoms with van der Waals surface area (Å²) in [5.74, 6) is -0.683. The molecule has 6 nitrogen and oxygen atoms in total. The van der Waals surface area contributed by atoms with Crippen LogP contribution in [0.2, 0.25) is 0 Å². The number of hydrogen-bond donors (Lipinski definition) is 0. The molecule has 2 bridgehead atoms. The fourth-order valence-electron chi connectivity index (χ4n) is 3.94. The van der Waals surface area contributed by atoms with Crippen molar-refractivity contribution in [3.63, 3.8) is 0 Å². The molecule has 0 aromatic carbocycles. The van der Waals surface area contributed by atoms with Gasteiger partial charge in [0.1, 0.15) is 18.3 Å². The molecule has 4 aliphatic heterocycles. The first kappa shape index (κ1) is 13.0. The van der Waals surface area contributed by atoms with E-state index in [2.05, 4.69) is 0 Å². The summed E-state index contributed by atoms with van der Waals surface area (Å²) in [7, 11) is 0. The smallest absolute Gasteiger partial charge is 0.257 e. The summed E-state index contributed by atoms with van der Waals surface area (Å²) in [5, 5.41) is 1.43. The maximum absolute atomic E-state index is 12.7. The van der Waals surface area contributed by atoms with Crippen molar-refractivity contribution in [1.29, 1.82) is 0 Å². The van der Waals surface area contributed by atoms with Gasteiger partial charge in [-0.15, -0.1) is 0 Å². The molecular formula is C14H21NO5. The Labute approximate surface area is 118 Å². The molecule has 1 amide bonds. The van der Waals surface area contributed by atoms with E-state index in [4.69, 9.17) is 19.0 Å². The zero-order valence-electron chi connectivity index (χ0n) is 12.3. The number of nitrogens with zero attached hydrogens (tertiary/aromatic N) is 1. The van der Waals surface area contributed by atoms with E-state index in [1.165, 1.54) is 5.06 Å². The van der Waals surface area contributed by atoms with Crippen LogP contribution < -0.4 is 0 Å². The van der Waals surface area contributed by atoms with Crippen LogP contribution in [0.4, 0.5) is 0 Å². The van der Waals surface area contributed by atoms with Crippen LogP contribution in [0, 0.1) is 5.41 Å². The highest BCUT2D eigenvalue weighted by Crippen LogP contribution is 2.56. The quantitative estimate of drug-likeness (QED) is 0.668. The van der Waals surface area contributed by atoms with Gasteiger partial charge in [-0.2, -0.15) is 5.06 Å². The predicted octanol–water partition coefficient (Wildman–Crippen LogP) is 1.20. The molecule has 4 rings (SSSR count). The van der Waals surface area contributed by atoms with Gasteiger partial charge in [-0.3, -0.25) is 9.63 Å². The van der Waals surface area contributed by atoms with Gasteiger partial charge in [-0.1, -0.05) is 0 Å². The van der Waals surface area contributed by atoms with Crippen molar-refractivity contribution in [3.05, 3.63) is 0 Å². The third kappa shape index (κ3) is 1.35. The number of rotatable bonds is 0. The highest BCUT2D eigenvalue weighted by atomic mass is 16.8. The van der Waals surface area contributed by atoms with E-state index in [0.717, 1.165) is 12.8 Å². The summed E-state index contributed by atoms with van der Waals surface area (Å²) in [6.45, 7) is 8.12. The van der Waals surface area contributed by atoms with Crippen LogP contribution >= 0.6 is 0 Å². The Morgan fingerprint density at radius 1 is 1.10 bits per heavy atom. The highest BCUT2D eigenvalue weighted by molar-refractivity contribution is 5.84. The Hall–Kier alpha value is -0.690. The largest absolute Gasteiger partial charge is 0.343 e. The Kier molecular flexibility index (Phi) is 2.31. The standard InChI is InChI=1S/C14H21NO5/c1-12(2)9-8-10(19-13(3,4)18-8)14(20-9)6-5-7-17-15(14)11(12)16/h8-10H,5-7H2,1-4H3/t8-,9+,10-,14-/m0/s1. The summed E-state index contributed by atoms with van der Waals surface area (Å²) in [6.07, 6.45) is 0.777. The topological polar surface area (TPSA) is 57.2 Å². The van der Waals surface area contributed by atoms with Crippen molar-refractivity contribution in [1.82, 2.24) is 5.06 Å². The zero-order chi connectivity index (χ0) is 14.3. The number of carbonyl (C=O) groups is 1. The van der Waals surface area contributed by atoms with Gasteiger partial charge in [-0.05, 0) is 34.1 Å². The molecule has 0 unspecified atom stereocenters. The lowest BCUT2D eigenvalue weighted by Gasteiger charge is -2.51. The van der Waals surface area contributed by atoms with Crippen molar-refractivity contribution in [3.8, 4) is 0 Å². The monoisotopic (exact) mass is 283 g/mol. The van der Waals surface area contributed by atoms with Gasteiger partial charge in [0.05, 0.1) is 12.0 Å². The molecule has 112 valence electrons. The molecule has 0 aromatic heterocycles. The van der Waals surface area contributed by atoms with Crippen LogP contribution in [-0.2, 0) is 23.8 Å². The van der Waals surface area contributed by atoms with Gasteiger partial charge in [-0.25, -0.2) is 0 Å². The summed E-state index contributed by atoms with van der Waals surface area (Å²) in [5.41, 5.74) is -1.49. The fourth-order valence-corrected chi connectivity index (χ4v) is 3.94. The lowest BCUT2D eigenvalue weighted by Crippen LogP contribution is -2.66. The Morgan fingerprint density at radius 2 is 1.85 bits per heavy atom. The molecular weight excluding hydrogens is 262 g/mol. The average Bonchev–Trinajstić information content (AvgIpc) is 2.81. The molecule has 0 aromatic rings. The van der Waals surface area contributed by atoms with Crippen molar-refractivity contribution in [2.75, 3.05) is 6.61 Å². The van der Waals surface area contributed by atoms with Crippen LogP contribution in [0.3, 0.4) is 0 Å². The van der Waals surface area contributed by atoms with E-state index < -0.39 is 16.9 Å². The van der Waals surface area contributed by atoms with Crippen molar-refractivity contribution in [2.45, 2.75) is 70.4 Å². The van der Waals surface area contributed by atoms with Crippen LogP contribution in [0.5, 0.6) is 0 Å². The molecule has 0 radical (unpaired) electrons. The van der Waals surface area contributed by atoms with Gasteiger partial charge in [0.2, 0.25) is 0 Å². The Bertz CT molecular complexity index is 476. The molecule has 6 heteroatoms. The second kappa shape index (κ2) is 3.55. The number of carbonyl (C=O) groups excluding carboxylic acids is 1. The van der Waals surface area contributed by atoms with Crippen LogP contribution in [-0.4, -0.2) is 47.4 Å². The molecule has 0 N–H and O–H groups in total. The van der Waals surface area contributed by atoms with Crippen molar-refractivity contribution in [2.24, 2.45) is 5.41 Å². The van der Waals surface area contributed by atoms with Crippen molar-refractivity contribution >= 4 is 5.91 Å². The van der Waals surface area contributed by atoms with E-state index in [0.29, 0.717) is 6.61 Å². The van der Waals surface area contributed by atoms with E-state index in [1.54, 1.807) is 0 Å². The lowest BCUT2D eigenvalue weighted by molar-refractivity contribution is -0.366. The van der Waals surface area contributed by atoms with Gasteiger partial charge in [0, 0.05) is 6.42 Å². The maximum Gasteiger partial charge on any atom is 0.257 e. The number of hydroxylamine groups is 2. The third-order valence-electron chi connectivity index (χ3n) is 4.89. The van der Waals surface area contributed by atoms with E-state index >= 15 is 0 Å². The summed E-state index contributed by atoms with van der Waals surface area (Å²) in [6, 6.07) is 0. The molecule has 4 aliphatic rings. The predicted molar refractivity (Wildman–Crippen MR) is 67.2 cm³/mol. The second-order valence-electron chi connectivity index (χ2n) is 7.16. The van der Waals surface area contributed by atoms with E-state index in [-0.39, 0.29) is 24.2 Å². The molecule has 4 saturated heterocycles. The van der Waals surface area contributed by atoms with Gasteiger partial charge < -0.3 is 14.2 Å². The third-order valence-corrected chi connectivity index (χ3v) is 4.89. The second-order valence-corrected chi connectivity index (χ2v) is 7.16. The molecule has 0 saturated carbocycles. The zero-order valence-corrected chi connectivity index (χ0v) is 12.3. The molecule has 0 aliphatic carbocycles. The van der Waals surface area contributed by atoms with E-state index in [9.17, 15) is 4.79 Å². The minimum Gasteiger partial charge on any atom is -0.343 e. The lowest BCUT2D eigenvalue weighted by atomic mass is 9.83. The number of hydrogen-bond acceptors (Lipinski definition) is 5. The van der Waals surface area contributed by atoms with Gasteiger partial charge >= 0.3 is 0 Å². The normalized spacial score (nSPS) is 48.1. The first-order chi connectivity index (χ1) is 9.28. The minimum absolute atomic E-state index is 0.0344. The average molecular weight is 283 g/mol. The van der Waals surface area contributed by atoms with Crippen molar-refractivity contribution < 1.29 is 23.8 Å². The first-order valence-corrected chi connectivity index (χ1v) is 7.29. The van der Waals surface area contributed by atoms with Gasteiger partial charge in [0.25, 0.3) is 5.91 Å². The molecule has 1 spiro atoms. The maximum atomic E-state index is 12.7. The number of ether oxygens (including phenoxy) is 3. The summed E-state index contributed by atoms with van der Waals surface area (Å²) >= 11 is 0. The first-order valence-electron chi connectivity index (χ1n) is 7.29. The number of amides is 1. The molecule has 4 heterocycles. The fraction of sp³-hybridized carbons (Fsp3) is 0.929. The SMILES string of the molecule is CC1(C)O[C@H]2[C@H]3O[C@@]4(CCCON4C(=O)C3(C)C)[C@H]2O1. The van der Waals surface area contributed by atoms with E-state index in [1.807, 2.05) is 27.7 Å². The Morgan fingerprint density at radius 3 is 2.60 bits per heavy atom. The Balaban J connectivity index is 1.83.